The van der Waals surface area contributed by atoms with Gasteiger partial charge in [-0.3, -0.25) is 19.1 Å². The van der Waals surface area contributed by atoms with Crippen LogP contribution in [0, 0.1) is 5.92 Å². The van der Waals surface area contributed by atoms with Crippen LogP contribution in [-0.2, 0) is 17.8 Å². The van der Waals surface area contributed by atoms with Crippen LogP contribution in [0.25, 0.3) is 0 Å². The molecule has 0 aliphatic rings. The average Bonchev–Trinajstić information content (AvgIpc) is 2.76. The quantitative estimate of drug-likeness (QED) is 0.498. The summed E-state index contributed by atoms with van der Waals surface area (Å²) in [7, 11) is 0. The second kappa shape index (κ2) is 10.7. The van der Waals surface area contributed by atoms with Crippen molar-refractivity contribution in [2.75, 3.05) is 17.2 Å². The van der Waals surface area contributed by atoms with Crippen molar-refractivity contribution in [3.8, 4) is 0 Å². The molecule has 0 unspecified atom stereocenters. The summed E-state index contributed by atoms with van der Waals surface area (Å²) in [6.07, 6.45) is 0.506. The Labute approximate surface area is 201 Å². The minimum absolute atomic E-state index is 0.0562. The van der Waals surface area contributed by atoms with Crippen molar-refractivity contribution in [1.82, 2.24) is 9.55 Å². The molecule has 0 radical (unpaired) electrons. The van der Waals surface area contributed by atoms with E-state index in [-0.39, 0.29) is 36.9 Å². The number of aromatic amines is 1. The number of H-pyrrole nitrogens is 1. The molecule has 0 spiro atoms. The predicted octanol–water partition coefficient (Wildman–Crippen LogP) is 4.10. The summed E-state index contributed by atoms with van der Waals surface area (Å²) in [6, 6.07) is 14.2. The summed E-state index contributed by atoms with van der Waals surface area (Å²) in [5.41, 5.74) is 6.20. The van der Waals surface area contributed by atoms with Gasteiger partial charge in [-0.05, 0) is 35.6 Å². The van der Waals surface area contributed by atoms with Gasteiger partial charge in [0, 0.05) is 16.6 Å². The van der Waals surface area contributed by atoms with E-state index in [0.29, 0.717) is 22.0 Å². The number of benzene rings is 2. The maximum Gasteiger partial charge on any atom is 0.330 e. The van der Waals surface area contributed by atoms with Crippen LogP contribution in [0.15, 0.2) is 58.1 Å². The third-order valence-corrected chi connectivity index (χ3v) is 6.00. The third kappa shape index (κ3) is 5.86. The van der Waals surface area contributed by atoms with E-state index in [1.54, 1.807) is 18.2 Å². The van der Waals surface area contributed by atoms with Gasteiger partial charge in [0.1, 0.15) is 5.82 Å². The van der Waals surface area contributed by atoms with Gasteiger partial charge in [0.15, 0.2) is 5.69 Å². The highest BCUT2D eigenvalue weighted by atomic mass is 35.5. The van der Waals surface area contributed by atoms with Crippen LogP contribution in [0.3, 0.4) is 0 Å². The summed E-state index contributed by atoms with van der Waals surface area (Å²) < 4.78 is 1.25. The molecule has 33 heavy (non-hydrogen) atoms. The van der Waals surface area contributed by atoms with E-state index in [1.807, 2.05) is 44.2 Å². The molecule has 9 heteroatoms. The van der Waals surface area contributed by atoms with E-state index in [9.17, 15) is 14.4 Å². The van der Waals surface area contributed by atoms with E-state index < -0.39 is 17.2 Å². The van der Waals surface area contributed by atoms with Crippen molar-refractivity contribution in [3.63, 3.8) is 0 Å². The van der Waals surface area contributed by atoms with Crippen LogP contribution in [-0.4, -0.2) is 22.0 Å². The summed E-state index contributed by atoms with van der Waals surface area (Å²) in [5.74, 6) is -0.206. The highest BCUT2D eigenvalue weighted by Gasteiger charge is 2.25. The third-order valence-electron chi connectivity index (χ3n) is 5.29. The first-order chi connectivity index (χ1) is 15.7. The lowest BCUT2D eigenvalue weighted by atomic mass is 10.1. The Morgan fingerprint density at radius 2 is 1.70 bits per heavy atom. The van der Waals surface area contributed by atoms with Crippen LogP contribution in [0.5, 0.6) is 0 Å². The topological polar surface area (TPSA) is 101 Å². The second-order valence-corrected chi connectivity index (χ2v) is 8.98. The number of hydrogen-bond acceptors (Lipinski definition) is 4. The Morgan fingerprint density at radius 3 is 2.30 bits per heavy atom. The van der Waals surface area contributed by atoms with Crippen LogP contribution >= 0.6 is 23.2 Å². The Kier molecular flexibility index (Phi) is 8.00. The largest absolute Gasteiger partial charge is 0.383 e. The van der Waals surface area contributed by atoms with E-state index in [2.05, 4.69) is 4.98 Å². The van der Waals surface area contributed by atoms with E-state index in [4.69, 9.17) is 28.9 Å². The Bertz CT molecular complexity index is 1230. The number of nitrogens with one attached hydrogen (secondary N) is 1. The number of anilines is 2. The second-order valence-electron chi connectivity index (χ2n) is 8.17. The van der Waals surface area contributed by atoms with Crippen molar-refractivity contribution in [1.29, 1.82) is 0 Å². The number of hydrogen-bond donors (Lipinski definition) is 2. The van der Waals surface area contributed by atoms with Crippen LogP contribution in [0.4, 0.5) is 11.5 Å². The first kappa shape index (κ1) is 24.6. The SMILES string of the molecule is CC(C)CCN(C(=O)Cc1c(Cl)cccc1Cl)c1c(N)n(Cc2ccccc2)c(=O)[nH]c1=O. The minimum Gasteiger partial charge on any atom is -0.383 e. The molecule has 3 N–H and O–H groups in total. The molecule has 0 aliphatic carbocycles. The van der Waals surface area contributed by atoms with Crippen molar-refractivity contribution in [3.05, 3.63) is 90.5 Å². The normalized spacial score (nSPS) is 11.1. The fourth-order valence-corrected chi connectivity index (χ4v) is 3.99. The molecule has 1 aromatic heterocycles. The molecule has 1 heterocycles. The molecule has 0 saturated heterocycles. The van der Waals surface area contributed by atoms with Gasteiger partial charge in [0.2, 0.25) is 5.91 Å². The van der Waals surface area contributed by atoms with Crippen molar-refractivity contribution in [2.24, 2.45) is 5.92 Å². The number of amides is 1. The van der Waals surface area contributed by atoms with Gasteiger partial charge < -0.3 is 10.6 Å². The molecule has 3 rings (SSSR count). The van der Waals surface area contributed by atoms with Crippen LogP contribution < -0.4 is 21.9 Å². The Hall–Kier alpha value is -3.03. The van der Waals surface area contributed by atoms with Gasteiger partial charge in [-0.2, -0.15) is 0 Å². The first-order valence-electron chi connectivity index (χ1n) is 10.6. The minimum atomic E-state index is -0.718. The molecule has 0 bridgehead atoms. The average molecular weight is 489 g/mol. The van der Waals surface area contributed by atoms with Gasteiger partial charge in [0.25, 0.3) is 5.56 Å². The fraction of sp³-hybridized carbons (Fsp3) is 0.292. The van der Waals surface area contributed by atoms with Gasteiger partial charge in [-0.25, -0.2) is 4.79 Å². The molecule has 0 aliphatic heterocycles. The van der Waals surface area contributed by atoms with Crippen molar-refractivity contribution in [2.45, 2.75) is 33.2 Å². The van der Waals surface area contributed by atoms with Gasteiger partial charge >= 0.3 is 5.69 Å². The number of halogens is 2. The van der Waals surface area contributed by atoms with Crippen LogP contribution in [0.1, 0.15) is 31.4 Å². The predicted molar refractivity (Wildman–Crippen MR) is 133 cm³/mol. The number of nitrogen functional groups attached to an aromatic ring is 1. The smallest absolute Gasteiger partial charge is 0.330 e. The summed E-state index contributed by atoms with van der Waals surface area (Å²) >= 11 is 12.5. The van der Waals surface area contributed by atoms with Crippen LogP contribution in [0.2, 0.25) is 10.0 Å². The number of carbonyl (C=O) groups is 1. The lowest BCUT2D eigenvalue weighted by Gasteiger charge is -2.25. The number of nitrogens with zero attached hydrogens (tertiary/aromatic N) is 2. The molecule has 0 saturated carbocycles. The summed E-state index contributed by atoms with van der Waals surface area (Å²) in [5, 5.41) is 0.714. The zero-order valence-corrected chi connectivity index (χ0v) is 20.0. The Morgan fingerprint density at radius 1 is 1.06 bits per heavy atom. The first-order valence-corrected chi connectivity index (χ1v) is 11.3. The number of carbonyl (C=O) groups excluding carboxylic acids is 1. The molecular weight excluding hydrogens is 463 g/mol. The molecule has 3 aromatic rings. The monoisotopic (exact) mass is 488 g/mol. The number of aromatic nitrogens is 2. The van der Waals surface area contributed by atoms with Crippen molar-refractivity contribution >= 4 is 40.6 Å². The zero-order chi connectivity index (χ0) is 24.1. The standard InChI is InChI=1S/C24H26Cl2N4O3/c1-15(2)11-12-29(20(31)13-17-18(25)9-6-10-19(17)26)21-22(27)30(24(33)28-23(21)32)14-16-7-4-3-5-8-16/h3-10,15H,11-14,27H2,1-2H3,(H,28,32,33). The van der Waals surface area contributed by atoms with E-state index >= 15 is 0 Å². The maximum atomic E-state index is 13.4. The number of rotatable bonds is 8. The molecule has 0 atom stereocenters. The maximum absolute atomic E-state index is 13.4. The van der Waals surface area contributed by atoms with E-state index in [0.717, 1.165) is 5.56 Å². The molecule has 2 aromatic carbocycles. The lowest BCUT2D eigenvalue weighted by Crippen LogP contribution is -2.42. The summed E-state index contributed by atoms with van der Waals surface area (Å²) in [6.45, 7) is 4.42. The van der Waals surface area contributed by atoms with E-state index in [1.165, 1.54) is 9.47 Å². The summed E-state index contributed by atoms with van der Waals surface area (Å²) in [4.78, 5) is 42.4. The van der Waals surface area contributed by atoms with Gasteiger partial charge in [-0.15, -0.1) is 0 Å². The van der Waals surface area contributed by atoms with Gasteiger partial charge in [0.05, 0.1) is 13.0 Å². The Balaban J connectivity index is 2.06. The molecule has 1 amide bonds. The lowest BCUT2D eigenvalue weighted by molar-refractivity contribution is -0.118. The van der Waals surface area contributed by atoms with Crippen molar-refractivity contribution < 1.29 is 4.79 Å². The fourth-order valence-electron chi connectivity index (χ4n) is 3.46. The zero-order valence-electron chi connectivity index (χ0n) is 18.5. The molecular formula is C24H26Cl2N4O3. The number of nitrogens with two attached hydrogens (primary N) is 1. The highest BCUT2D eigenvalue weighted by molar-refractivity contribution is 6.36. The molecule has 174 valence electrons. The molecule has 7 nitrogen and oxygen atoms in total. The van der Waals surface area contributed by atoms with Gasteiger partial charge in [-0.1, -0.05) is 73.4 Å². The molecule has 0 fully saturated rings. The highest BCUT2D eigenvalue weighted by Crippen LogP contribution is 2.27.